The standard InChI is InChI=1S/C26H24N2O2/c1-30-20-11-7-10-18(14-20)26-25-23(27-21-12-5-6-13-22(21)28-26)15-19(16-24(25)29)17-8-3-2-4-9-17/h2-14,19,26-28H,15-16H2,1H3. The third-order valence-electron chi connectivity index (χ3n) is 6.01. The lowest BCUT2D eigenvalue weighted by atomic mass is 9.78. The first-order valence-corrected chi connectivity index (χ1v) is 10.3. The number of para-hydroxylation sites is 2. The van der Waals surface area contributed by atoms with E-state index in [-0.39, 0.29) is 17.7 Å². The predicted octanol–water partition coefficient (Wildman–Crippen LogP) is 5.67. The SMILES string of the molecule is COc1cccc(C2Nc3ccccc3NC3=C2C(=O)CC(c2ccccc2)C3)c1. The Morgan fingerprint density at radius 1 is 0.833 bits per heavy atom. The van der Waals surface area contributed by atoms with E-state index >= 15 is 0 Å². The lowest BCUT2D eigenvalue weighted by Crippen LogP contribution is -2.26. The van der Waals surface area contributed by atoms with Gasteiger partial charge in [0.25, 0.3) is 0 Å². The number of nitrogens with one attached hydrogen (secondary N) is 2. The van der Waals surface area contributed by atoms with Crippen LogP contribution < -0.4 is 15.4 Å². The molecule has 0 saturated heterocycles. The normalized spacial score (nSPS) is 20.4. The van der Waals surface area contributed by atoms with Gasteiger partial charge in [-0.2, -0.15) is 0 Å². The second-order valence-electron chi connectivity index (χ2n) is 7.86. The molecule has 0 aromatic heterocycles. The molecule has 30 heavy (non-hydrogen) atoms. The van der Waals surface area contributed by atoms with Crippen LogP contribution in [-0.2, 0) is 4.79 Å². The van der Waals surface area contributed by atoms with Gasteiger partial charge in [0.1, 0.15) is 5.75 Å². The minimum atomic E-state index is -0.226. The third-order valence-corrected chi connectivity index (χ3v) is 6.01. The van der Waals surface area contributed by atoms with Gasteiger partial charge in [-0.25, -0.2) is 0 Å². The van der Waals surface area contributed by atoms with Gasteiger partial charge in [-0.05, 0) is 47.7 Å². The van der Waals surface area contributed by atoms with Crippen LogP contribution >= 0.6 is 0 Å². The molecule has 4 heteroatoms. The minimum absolute atomic E-state index is 0.182. The van der Waals surface area contributed by atoms with E-state index in [1.54, 1.807) is 7.11 Å². The lowest BCUT2D eigenvalue weighted by molar-refractivity contribution is -0.116. The topological polar surface area (TPSA) is 50.4 Å². The number of carbonyl (C=O) groups excluding carboxylic acids is 1. The molecule has 1 heterocycles. The summed E-state index contributed by atoms with van der Waals surface area (Å²) < 4.78 is 5.44. The van der Waals surface area contributed by atoms with Crippen LogP contribution in [0.1, 0.15) is 35.9 Å². The number of fused-ring (bicyclic) bond motifs is 1. The second kappa shape index (κ2) is 7.71. The largest absolute Gasteiger partial charge is 0.497 e. The molecule has 2 unspecified atom stereocenters. The van der Waals surface area contributed by atoms with E-state index in [0.29, 0.717) is 6.42 Å². The molecule has 2 atom stereocenters. The average Bonchev–Trinajstić information content (AvgIpc) is 2.96. The van der Waals surface area contributed by atoms with E-state index in [1.165, 1.54) is 5.56 Å². The van der Waals surface area contributed by atoms with Crippen molar-refractivity contribution in [1.82, 2.24) is 0 Å². The van der Waals surface area contributed by atoms with Crippen LogP contribution in [0.25, 0.3) is 0 Å². The van der Waals surface area contributed by atoms with Gasteiger partial charge in [0, 0.05) is 17.7 Å². The van der Waals surface area contributed by atoms with Crippen molar-refractivity contribution in [1.29, 1.82) is 0 Å². The molecule has 2 aliphatic rings. The Kier molecular flexibility index (Phi) is 4.75. The number of rotatable bonds is 3. The first kappa shape index (κ1) is 18.5. The van der Waals surface area contributed by atoms with Crippen molar-refractivity contribution in [3.8, 4) is 5.75 Å². The average molecular weight is 396 g/mol. The highest BCUT2D eigenvalue weighted by atomic mass is 16.5. The van der Waals surface area contributed by atoms with Crippen LogP contribution in [0.2, 0.25) is 0 Å². The summed E-state index contributed by atoms with van der Waals surface area (Å²) in [5.41, 5.74) is 6.05. The highest BCUT2D eigenvalue weighted by Gasteiger charge is 2.36. The number of Topliss-reactive ketones (excluding diaryl/α,β-unsaturated/α-hetero) is 1. The number of ether oxygens (including phenoxy) is 1. The van der Waals surface area contributed by atoms with Gasteiger partial charge >= 0.3 is 0 Å². The summed E-state index contributed by atoms with van der Waals surface area (Å²) in [6, 6.07) is 26.2. The molecular formula is C26H24N2O2. The Hall–Kier alpha value is -3.53. The minimum Gasteiger partial charge on any atom is -0.497 e. The molecule has 0 amide bonds. The number of ketones is 1. The summed E-state index contributed by atoms with van der Waals surface area (Å²) in [6.45, 7) is 0. The Labute approximate surface area is 176 Å². The van der Waals surface area contributed by atoms with E-state index in [4.69, 9.17) is 4.74 Å². The Morgan fingerprint density at radius 2 is 1.57 bits per heavy atom. The van der Waals surface area contributed by atoms with E-state index < -0.39 is 0 Å². The number of anilines is 2. The number of methoxy groups -OCH3 is 1. The Morgan fingerprint density at radius 3 is 2.37 bits per heavy atom. The number of hydrogen-bond acceptors (Lipinski definition) is 4. The van der Waals surface area contributed by atoms with Crippen molar-refractivity contribution >= 4 is 17.2 Å². The molecule has 0 bridgehead atoms. The quantitative estimate of drug-likeness (QED) is 0.598. The molecule has 2 N–H and O–H groups in total. The second-order valence-corrected chi connectivity index (χ2v) is 7.86. The fourth-order valence-electron chi connectivity index (χ4n) is 4.52. The van der Waals surface area contributed by atoms with Crippen LogP contribution in [0.4, 0.5) is 11.4 Å². The van der Waals surface area contributed by atoms with Crippen LogP contribution in [0, 0.1) is 0 Å². The maximum atomic E-state index is 13.5. The summed E-state index contributed by atoms with van der Waals surface area (Å²) in [5.74, 6) is 1.15. The first-order chi connectivity index (χ1) is 14.7. The van der Waals surface area contributed by atoms with Crippen molar-refractivity contribution in [3.05, 3.63) is 101 Å². The Balaban J connectivity index is 1.62. The number of allylic oxidation sites excluding steroid dienone is 1. The van der Waals surface area contributed by atoms with Crippen molar-refractivity contribution in [2.24, 2.45) is 0 Å². The summed E-state index contributed by atoms with van der Waals surface area (Å²) in [4.78, 5) is 13.5. The first-order valence-electron chi connectivity index (χ1n) is 10.3. The molecule has 0 fully saturated rings. The van der Waals surface area contributed by atoms with E-state index in [1.807, 2.05) is 54.6 Å². The van der Waals surface area contributed by atoms with Crippen molar-refractivity contribution in [2.75, 3.05) is 17.7 Å². The van der Waals surface area contributed by atoms with Crippen LogP contribution in [0.15, 0.2) is 90.1 Å². The van der Waals surface area contributed by atoms with Gasteiger partial charge in [-0.1, -0.05) is 54.6 Å². The zero-order valence-electron chi connectivity index (χ0n) is 16.9. The van der Waals surface area contributed by atoms with Crippen molar-refractivity contribution in [3.63, 3.8) is 0 Å². The van der Waals surface area contributed by atoms with Crippen LogP contribution in [0.3, 0.4) is 0 Å². The monoisotopic (exact) mass is 396 g/mol. The van der Waals surface area contributed by atoms with E-state index in [2.05, 4.69) is 34.9 Å². The molecule has 1 aliphatic heterocycles. The highest BCUT2D eigenvalue weighted by molar-refractivity contribution is 6.01. The number of hydrogen-bond donors (Lipinski definition) is 2. The molecule has 4 nitrogen and oxygen atoms in total. The summed E-state index contributed by atoms with van der Waals surface area (Å²) in [7, 11) is 1.66. The molecule has 0 radical (unpaired) electrons. The van der Waals surface area contributed by atoms with Gasteiger partial charge in [0.15, 0.2) is 5.78 Å². The zero-order valence-corrected chi connectivity index (χ0v) is 16.9. The molecular weight excluding hydrogens is 372 g/mol. The summed E-state index contributed by atoms with van der Waals surface area (Å²) >= 11 is 0. The van der Waals surface area contributed by atoms with Gasteiger partial charge in [-0.15, -0.1) is 0 Å². The maximum absolute atomic E-state index is 13.5. The number of benzene rings is 3. The van der Waals surface area contributed by atoms with Gasteiger partial charge in [0.2, 0.25) is 0 Å². The van der Waals surface area contributed by atoms with Crippen LogP contribution in [0.5, 0.6) is 5.75 Å². The van der Waals surface area contributed by atoms with Gasteiger partial charge in [-0.3, -0.25) is 4.79 Å². The van der Waals surface area contributed by atoms with Gasteiger partial charge < -0.3 is 15.4 Å². The summed E-state index contributed by atoms with van der Waals surface area (Å²) in [6.07, 6.45) is 1.32. The smallest absolute Gasteiger partial charge is 0.163 e. The predicted molar refractivity (Wildman–Crippen MR) is 120 cm³/mol. The van der Waals surface area contributed by atoms with Crippen molar-refractivity contribution in [2.45, 2.75) is 24.8 Å². The molecule has 150 valence electrons. The lowest BCUT2D eigenvalue weighted by Gasteiger charge is -2.30. The highest BCUT2D eigenvalue weighted by Crippen LogP contribution is 2.44. The fourth-order valence-corrected chi connectivity index (χ4v) is 4.52. The van der Waals surface area contributed by atoms with Gasteiger partial charge in [0.05, 0.1) is 24.5 Å². The van der Waals surface area contributed by atoms with E-state index in [9.17, 15) is 4.79 Å². The molecule has 5 rings (SSSR count). The maximum Gasteiger partial charge on any atom is 0.163 e. The summed E-state index contributed by atoms with van der Waals surface area (Å²) in [5, 5.41) is 7.20. The molecule has 3 aromatic carbocycles. The molecule has 3 aromatic rings. The number of carbonyl (C=O) groups is 1. The van der Waals surface area contributed by atoms with E-state index in [0.717, 1.165) is 40.4 Å². The molecule has 1 aliphatic carbocycles. The fraction of sp³-hybridized carbons (Fsp3) is 0.192. The third kappa shape index (κ3) is 3.35. The van der Waals surface area contributed by atoms with Crippen molar-refractivity contribution < 1.29 is 9.53 Å². The Bertz CT molecular complexity index is 1120. The molecule has 0 saturated carbocycles. The molecule has 0 spiro atoms. The van der Waals surface area contributed by atoms with Crippen LogP contribution in [-0.4, -0.2) is 12.9 Å². The zero-order chi connectivity index (χ0) is 20.5.